The predicted octanol–water partition coefficient (Wildman–Crippen LogP) is 1.60. The van der Waals surface area contributed by atoms with E-state index in [0.29, 0.717) is 0 Å². The van der Waals surface area contributed by atoms with E-state index in [1.807, 2.05) is 0 Å². The van der Waals surface area contributed by atoms with Crippen molar-refractivity contribution in [3.05, 3.63) is 22.4 Å². The highest BCUT2D eigenvalue weighted by Crippen LogP contribution is 2.27. The summed E-state index contributed by atoms with van der Waals surface area (Å²) in [6, 6.07) is 3.03. The van der Waals surface area contributed by atoms with E-state index in [-0.39, 0.29) is 19.7 Å². The van der Waals surface area contributed by atoms with E-state index in [9.17, 15) is 13.2 Å². The fourth-order valence-corrected chi connectivity index (χ4v) is 2.50. The van der Waals surface area contributed by atoms with Gasteiger partial charge in [-0.15, -0.1) is 11.3 Å². The van der Waals surface area contributed by atoms with E-state index in [1.165, 1.54) is 11.3 Å². The summed E-state index contributed by atoms with van der Waals surface area (Å²) in [5.74, 6) is 0. The number of rotatable bonds is 6. The molecule has 1 atom stereocenters. The van der Waals surface area contributed by atoms with E-state index in [4.69, 9.17) is 10.8 Å². The summed E-state index contributed by atoms with van der Waals surface area (Å²) in [4.78, 5) is 1.94. The number of hydrogen-bond donors (Lipinski definition) is 2. The lowest BCUT2D eigenvalue weighted by Gasteiger charge is -2.30. The third-order valence-corrected chi connectivity index (χ3v) is 3.28. The van der Waals surface area contributed by atoms with Crippen LogP contribution in [0.5, 0.6) is 0 Å². The Labute approximate surface area is 102 Å². The molecule has 3 nitrogen and oxygen atoms in total. The zero-order chi connectivity index (χ0) is 12.9. The van der Waals surface area contributed by atoms with Gasteiger partial charge in [-0.3, -0.25) is 4.90 Å². The summed E-state index contributed by atoms with van der Waals surface area (Å²) in [6.07, 6.45) is -4.29. The van der Waals surface area contributed by atoms with Gasteiger partial charge in [-0.25, -0.2) is 0 Å². The Bertz CT molecular complexity index is 316. The lowest BCUT2D eigenvalue weighted by atomic mass is 10.2. The number of aliphatic hydroxyl groups is 1. The third kappa shape index (κ3) is 4.63. The molecule has 1 rings (SSSR count). The van der Waals surface area contributed by atoms with Crippen LogP contribution in [-0.2, 0) is 0 Å². The minimum absolute atomic E-state index is 0.0424. The number of halogens is 3. The minimum Gasteiger partial charge on any atom is -0.395 e. The number of hydrogen-bond acceptors (Lipinski definition) is 4. The number of thiophene rings is 1. The maximum absolute atomic E-state index is 12.4. The zero-order valence-corrected chi connectivity index (χ0v) is 9.97. The maximum atomic E-state index is 12.4. The molecule has 1 aromatic heterocycles. The molecule has 0 bridgehead atoms. The van der Waals surface area contributed by atoms with Crippen molar-refractivity contribution in [1.82, 2.24) is 4.90 Å². The van der Waals surface area contributed by atoms with E-state index in [0.717, 1.165) is 9.78 Å². The predicted molar refractivity (Wildman–Crippen MR) is 60.8 cm³/mol. The maximum Gasteiger partial charge on any atom is 0.401 e. The first-order chi connectivity index (χ1) is 7.98. The van der Waals surface area contributed by atoms with Crippen LogP contribution in [0.2, 0.25) is 0 Å². The highest BCUT2D eigenvalue weighted by Gasteiger charge is 2.34. The summed E-state index contributed by atoms with van der Waals surface area (Å²) >= 11 is 1.37. The van der Waals surface area contributed by atoms with Crippen LogP contribution in [0.1, 0.15) is 10.9 Å². The lowest BCUT2D eigenvalue weighted by molar-refractivity contribution is -0.151. The number of nitrogens with zero attached hydrogens (tertiary/aromatic N) is 1. The molecule has 0 aliphatic heterocycles. The molecule has 0 spiro atoms. The molecule has 0 fully saturated rings. The van der Waals surface area contributed by atoms with Gasteiger partial charge in [0.15, 0.2) is 0 Å². The van der Waals surface area contributed by atoms with Crippen molar-refractivity contribution >= 4 is 11.3 Å². The molecule has 1 aromatic rings. The van der Waals surface area contributed by atoms with Gasteiger partial charge >= 0.3 is 6.18 Å². The first-order valence-corrected chi connectivity index (χ1v) is 6.01. The van der Waals surface area contributed by atoms with Gasteiger partial charge in [-0.05, 0) is 11.4 Å². The van der Waals surface area contributed by atoms with Gasteiger partial charge in [-0.2, -0.15) is 13.2 Å². The van der Waals surface area contributed by atoms with Gasteiger partial charge in [0.25, 0.3) is 0 Å². The molecule has 0 saturated heterocycles. The summed E-state index contributed by atoms with van der Waals surface area (Å²) < 4.78 is 37.2. The van der Waals surface area contributed by atoms with Crippen molar-refractivity contribution in [2.75, 3.05) is 26.2 Å². The number of alkyl halides is 3. The van der Waals surface area contributed by atoms with Crippen LogP contribution >= 0.6 is 11.3 Å². The third-order valence-electron chi connectivity index (χ3n) is 2.31. The van der Waals surface area contributed by atoms with Crippen LogP contribution in [-0.4, -0.2) is 42.4 Å². The average molecular weight is 268 g/mol. The van der Waals surface area contributed by atoms with E-state index in [2.05, 4.69) is 0 Å². The summed E-state index contributed by atoms with van der Waals surface area (Å²) in [5.41, 5.74) is 5.53. The van der Waals surface area contributed by atoms with Crippen LogP contribution in [0, 0.1) is 0 Å². The highest BCUT2D eigenvalue weighted by atomic mass is 32.1. The molecule has 3 N–H and O–H groups in total. The fraction of sp³-hybridized carbons (Fsp3) is 0.600. The first-order valence-electron chi connectivity index (χ1n) is 5.13. The Morgan fingerprint density at radius 1 is 1.47 bits per heavy atom. The molecule has 7 heteroatoms. The second kappa shape index (κ2) is 6.34. The molecule has 0 aliphatic carbocycles. The normalized spacial score (nSPS) is 14.2. The summed E-state index contributed by atoms with van der Waals surface area (Å²) in [5, 5.41) is 10.6. The monoisotopic (exact) mass is 268 g/mol. The largest absolute Gasteiger partial charge is 0.401 e. The van der Waals surface area contributed by atoms with E-state index in [1.54, 1.807) is 17.5 Å². The van der Waals surface area contributed by atoms with Crippen molar-refractivity contribution in [1.29, 1.82) is 0 Å². The minimum atomic E-state index is -4.29. The molecule has 0 saturated carbocycles. The Morgan fingerprint density at radius 3 is 2.59 bits per heavy atom. The molecule has 0 aliphatic rings. The molecule has 1 unspecified atom stereocenters. The van der Waals surface area contributed by atoms with Crippen molar-refractivity contribution in [2.24, 2.45) is 5.73 Å². The van der Waals surface area contributed by atoms with Crippen LogP contribution in [0.4, 0.5) is 13.2 Å². The standard InChI is InChI=1S/C10H15F3N2OS/c11-10(12,13)7-15(3-4-16)8(6-14)9-2-1-5-17-9/h1-2,5,8,16H,3-4,6-7,14H2. The molecular formula is C10H15F3N2OS. The van der Waals surface area contributed by atoms with Gasteiger partial charge in [0.2, 0.25) is 0 Å². The summed E-state index contributed by atoms with van der Waals surface area (Å²) in [6.45, 7) is -1.33. The molecular weight excluding hydrogens is 253 g/mol. The second-order valence-electron chi connectivity index (χ2n) is 3.58. The topological polar surface area (TPSA) is 49.5 Å². The number of nitrogens with two attached hydrogens (primary N) is 1. The summed E-state index contributed by atoms with van der Waals surface area (Å²) in [7, 11) is 0. The average Bonchev–Trinajstić information content (AvgIpc) is 2.70. The molecule has 1 heterocycles. The van der Waals surface area contributed by atoms with E-state index >= 15 is 0 Å². The van der Waals surface area contributed by atoms with Crippen molar-refractivity contribution < 1.29 is 18.3 Å². The first kappa shape index (κ1) is 14.4. The highest BCUT2D eigenvalue weighted by molar-refractivity contribution is 7.10. The van der Waals surface area contributed by atoms with Gasteiger partial charge < -0.3 is 10.8 Å². The molecule has 0 amide bonds. The lowest BCUT2D eigenvalue weighted by Crippen LogP contribution is -2.41. The second-order valence-corrected chi connectivity index (χ2v) is 4.56. The Morgan fingerprint density at radius 2 is 2.18 bits per heavy atom. The van der Waals surface area contributed by atoms with Gasteiger partial charge in [-0.1, -0.05) is 6.07 Å². The molecule has 17 heavy (non-hydrogen) atoms. The molecule has 0 radical (unpaired) electrons. The van der Waals surface area contributed by atoms with Crippen molar-refractivity contribution in [2.45, 2.75) is 12.2 Å². The van der Waals surface area contributed by atoms with Crippen molar-refractivity contribution in [3.8, 4) is 0 Å². The molecule has 98 valence electrons. The van der Waals surface area contributed by atoms with Crippen LogP contribution in [0.25, 0.3) is 0 Å². The Kier molecular flexibility index (Phi) is 5.38. The smallest absolute Gasteiger partial charge is 0.395 e. The Hall–Kier alpha value is -0.630. The van der Waals surface area contributed by atoms with Crippen LogP contribution in [0.3, 0.4) is 0 Å². The van der Waals surface area contributed by atoms with Crippen LogP contribution in [0.15, 0.2) is 17.5 Å². The van der Waals surface area contributed by atoms with Crippen molar-refractivity contribution in [3.63, 3.8) is 0 Å². The van der Waals surface area contributed by atoms with Gasteiger partial charge in [0.1, 0.15) is 0 Å². The van der Waals surface area contributed by atoms with Gasteiger partial charge in [0, 0.05) is 18.0 Å². The quantitative estimate of drug-likeness (QED) is 0.824. The zero-order valence-electron chi connectivity index (χ0n) is 9.15. The number of aliphatic hydroxyl groups excluding tert-OH is 1. The van der Waals surface area contributed by atoms with E-state index < -0.39 is 18.8 Å². The van der Waals surface area contributed by atoms with Crippen LogP contribution < -0.4 is 5.73 Å². The SMILES string of the molecule is NCC(c1cccs1)N(CCO)CC(F)(F)F. The molecule has 0 aromatic carbocycles. The van der Waals surface area contributed by atoms with Gasteiger partial charge in [0.05, 0.1) is 19.2 Å². The fourth-order valence-electron chi connectivity index (χ4n) is 1.63. The Balaban J connectivity index is 2.80.